The Morgan fingerprint density at radius 3 is 1.25 bits per heavy atom. The quantitative estimate of drug-likeness (QED) is 0.0588. The molecular weight excluding hydrogens is 828 g/mol. The van der Waals surface area contributed by atoms with Crippen LogP contribution in [0, 0.1) is 40.7 Å². The first-order valence-corrected chi connectivity index (χ1v) is 20.3. The second kappa shape index (κ2) is 21.2. The van der Waals surface area contributed by atoms with Crippen LogP contribution in [0.3, 0.4) is 0 Å². The maximum atomic E-state index is 14.8. The van der Waals surface area contributed by atoms with E-state index in [4.69, 9.17) is 21.1 Å². The number of rotatable bonds is 14. The zero-order valence-electron chi connectivity index (χ0n) is 28.1. The van der Waals surface area contributed by atoms with Crippen molar-refractivity contribution in [2.45, 2.75) is 51.8 Å². The van der Waals surface area contributed by atoms with Crippen molar-refractivity contribution in [3.63, 3.8) is 0 Å². The summed E-state index contributed by atoms with van der Waals surface area (Å²) in [4.78, 5) is 15.8. The van der Waals surface area contributed by atoms with Gasteiger partial charge in [-0.15, -0.1) is 23.5 Å². The highest BCUT2D eigenvalue weighted by Crippen LogP contribution is 2.36. The summed E-state index contributed by atoms with van der Waals surface area (Å²) in [6, 6.07) is 18.6. The van der Waals surface area contributed by atoms with Crippen molar-refractivity contribution in [2.75, 3.05) is 11.5 Å². The van der Waals surface area contributed by atoms with E-state index in [0.29, 0.717) is 18.3 Å². The summed E-state index contributed by atoms with van der Waals surface area (Å²) in [6.45, 7) is 0.640. The Bertz CT molecular complexity index is 2180. The summed E-state index contributed by atoms with van der Waals surface area (Å²) < 4.78 is 142. The molecule has 22 heteroatoms. The highest BCUT2D eigenvalue weighted by atomic mass is 32.2. The summed E-state index contributed by atoms with van der Waals surface area (Å²) in [6.07, 6.45) is -0.971. The van der Waals surface area contributed by atoms with Gasteiger partial charge in [-0.2, -0.15) is 0 Å². The summed E-state index contributed by atoms with van der Waals surface area (Å²) in [5.41, 5.74) is 6.72. The first-order valence-electron chi connectivity index (χ1n) is 15.2. The van der Waals surface area contributed by atoms with E-state index in [9.17, 15) is 57.2 Å². The van der Waals surface area contributed by atoms with Gasteiger partial charge in [0.15, 0.2) is 39.8 Å². The number of aliphatic carboxylic acids is 2. The molecule has 11 nitrogen and oxygen atoms in total. The Morgan fingerprint density at radius 1 is 0.545 bits per heavy atom. The number of sulfonamides is 2. The number of carboxylic acids is 2. The van der Waals surface area contributed by atoms with Crippen molar-refractivity contribution >= 4 is 55.5 Å². The summed E-state index contributed by atoms with van der Waals surface area (Å²) in [7, 11) is -9.72. The Hall–Kier alpha value is -4.19. The van der Waals surface area contributed by atoms with Crippen molar-refractivity contribution in [2.24, 2.45) is 16.0 Å². The molecule has 300 valence electrons. The molecule has 4 rings (SSSR count). The van der Waals surface area contributed by atoms with Gasteiger partial charge in [0, 0.05) is 23.6 Å². The maximum Gasteiger partial charge on any atom is 0.304 e. The average molecular weight is 860 g/mol. The molecule has 0 atom stereocenters. The number of halogens is 7. The minimum atomic E-state index is -4.99. The monoisotopic (exact) mass is 859 g/mol. The van der Waals surface area contributed by atoms with E-state index >= 15 is 0 Å². The zero-order chi connectivity index (χ0) is 41.7. The van der Waals surface area contributed by atoms with Gasteiger partial charge in [-0.25, -0.2) is 57.8 Å². The molecule has 0 amide bonds. The minimum absolute atomic E-state index is 0.171. The number of carbonyl (C=O) groups is 2. The fourth-order valence-electron chi connectivity index (χ4n) is 4.29. The molecule has 0 saturated heterocycles. The molecule has 0 aliphatic rings. The Labute approximate surface area is 319 Å². The second-order valence-electron chi connectivity index (χ2n) is 10.7. The second-order valence-corrected chi connectivity index (χ2v) is 15.9. The minimum Gasteiger partial charge on any atom is -0.481 e. The molecule has 0 unspecified atom stereocenters. The molecule has 4 aromatic carbocycles. The Kier molecular flexibility index (Phi) is 18.1. The summed E-state index contributed by atoms with van der Waals surface area (Å²) in [5.74, 6) is -15.9. The van der Waals surface area contributed by atoms with E-state index < -0.39 is 111 Å². The van der Waals surface area contributed by atoms with Gasteiger partial charge in [-0.3, -0.25) is 9.59 Å². The first-order chi connectivity index (χ1) is 25.6. The smallest absolute Gasteiger partial charge is 0.304 e. The van der Waals surface area contributed by atoms with Gasteiger partial charge in [0.05, 0.1) is 22.6 Å². The number of hydrogen-bond acceptors (Lipinski definition) is 9. The number of carboxylic acid groups (broad SMARTS) is 2. The lowest BCUT2D eigenvalue weighted by Crippen LogP contribution is -2.20. The van der Waals surface area contributed by atoms with Gasteiger partial charge in [0.25, 0.3) is 0 Å². The molecule has 4 aromatic rings. The molecule has 0 aromatic heterocycles. The van der Waals surface area contributed by atoms with E-state index in [2.05, 4.69) is 5.14 Å². The largest absolute Gasteiger partial charge is 0.481 e. The highest BCUT2D eigenvalue weighted by Gasteiger charge is 2.32. The lowest BCUT2D eigenvalue weighted by molar-refractivity contribution is -0.137. The lowest BCUT2D eigenvalue weighted by Gasteiger charge is -2.15. The molecule has 55 heavy (non-hydrogen) atoms. The van der Waals surface area contributed by atoms with Gasteiger partial charge in [0.2, 0.25) is 20.0 Å². The van der Waals surface area contributed by atoms with E-state index in [-0.39, 0.29) is 36.1 Å². The van der Waals surface area contributed by atoms with E-state index in [1.165, 1.54) is 5.56 Å². The number of benzene rings is 4. The summed E-state index contributed by atoms with van der Waals surface area (Å²) in [5, 5.41) is 26.4. The molecule has 0 spiro atoms. The first kappa shape index (κ1) is 47.0. The molecule has 0 bridgehead atoms. The fraction of sp³-hybridized carbons (Fsp3) is 0.212. The van der Waals surface area contributed by atoms with Gasteiger partial charge in [0.1, 0.15) is 10.7 Å². The van der Waals surface area contributed by atoms with Crippen molar-refractivity contribution < 1.29 is 67.4 Å². The third kappa shape index (κ3) is 13.8. The predicted octanol–water partition coefficient (Wildman–Crippen LogP) is 5.71. The molecule has 0 fully saturated rings. The van der Waals surface area contributed by atoms with Crippen LogP contribution >= 0.6 is 23.5 Å². The van der Waals surface area contributed by atoms with Gasteiger partial charge >= 0.3 is 11.9 Å². The standard InChI is InChI=1S/C17H16F3NO4S2.C9H7F4NO4S2.C7H9N/c18-13-11(7-6-10-4-2-1-3-5-10)17(27(21,24)25)15(20)14(19)16(13)26-9-8-12(22)23;10-4-6(12)9(20(14,17)18)7(13)5(11)8(4)19-2-1-3(15)16;8-6-7-4-2-1-3-5-7/h1-5H,6-9H2,(H,22,23)(H2,21,24,25);1-2H2,(H,15,16)(H2,14,17,18);1-5H,6,8H2. The molecule has 8 N–H and O–H groups in total. The Morgan fingerprint density at radius 2 is 0.909 bits per heavy atom. The maximum absolute atomic E-state index is 14.8. The Balaban J connectivity index is 0.000000325. The van der Waals surface area contributed by atoms with Crippen LogP contribution in [-0.2, 0) is 49.0 Å². The highest BCUT2D eigenvalue weighted by molar-refractivity contribution is 7.99. The number of primary sulfonamides is 2. The molecule has 0 aliphatic carbocycles. The van der Waals surface area contributed by atoms with Crippen LogP contribution in [-0.4, -0.2) is 50.5 Å². The van der Waals surface area contributed by atoms with Crippen LogP contribution in [0.5, 0.6) is 0 Å². The van der Waals surface area contributed by atoms with Crippen LogP contribution in [0.15, 0.2) is 80.2 Å². The van der Waals surface area contributed by atoms with Crippen LogP contribution in [0.25, 0.3) is 0 Å². The van der Waals surface area contributed by atoms with Crippen LogP contribution < -0.4 is 16.0 Å². The predicted molar refractivity (Wildman–Crippen MR) is 189 cm³/mol. The van der Waals surface area contributed by atoms with E-state index in [1.807, 2.05) is 30.3 Å². The molecule has 0 saturated carbocycles. The molecule has 0 radical (unpaired) electrons. The zero-order valence-corrected chi connectivity index (χ0v) is 31.3. The third-order valence-electron chi connectivity index (χ3n) is 6.79. The van der Waals surface area contributed by atoms with Crippen molar-refractivity contribution in [1.82, 2.24) is 0 Å². The van der Waals surface area contributed by atoms with Crippen LogP contribution in [0.1, 0.15) is 29.5 Å². The SMILES string of the molecule is NCc1ccccc1.NS(=O)(=O)c1c(F)c(F)c(SCCC(=O)O)c(F)c1CCc1ccccc1.NS(=O)(=O)c1c(F)c(F)c(SCCC(=O)O)c(F)c1F. The number of thioether (sulfide) groups is 2. The average Bonchev–Trinajstić information content (AvgIpc) is 3.11. The lowest BCUT2D eigenvalue weighted by atomic mass is 10.0. The number of nitrogens with two attached hydrogens (primary N) is 3. The molecule has 0 aliphatic heterocycles. The number of aryl methyl sites for hydroxylation is 1. The fourth-order valence-corrected chi connectivity index (χ4v) is 7.70. The summed E-state index contributed by atoms with van der Waals surface area (Å²) >= 11 is 0.668. The third-order valence-corrected chi connectivity index (χ3v) is 10.8. The normalized spacial score (nSPS) is 11.2. The van der Waals surface area contributed by atoms with Crippen molar-refractivity contribution in [3.05, 3.63) is 118 Å². The van der Waals surface area contributed by atoms with E-state index in [1.54, 1.807) is 30.3 Å². The van der Waals surface area contributed by atoms with Crippen LogP contribution in [0.2, 0.25) is 0 Å². The number of hydrogen-bond donors (Lipinski definition) is 5. The van der Waals surface area contributed by atoms with Gasteiger partial charge < -0.3 is 15.9 Å². The van der Waals surface area contributed by atoms with Crippen molar-refractivity contribution in [1.29, 1.82) is 0 Å². The topological polar surface area (TPSA) is 221 Å². The van der Waals surface area contributed by atoms with Crippen LogP contribution in [0.4, 0.5) is 30.7 Å². The van der Waals surface area contributed by atoms with Gasteiger partial charge in [-0.05, 0) is 24.0 Å². The van der Waals surface area contributed by atoms with E-state index in [0.717, 1.165) is 5.56 Å². The van der Waals surface area contributed by atoms with Gasteiger partial charge in [-0.1, -0.05) is 60.7 Å². The molecule has 0 heterocycles. The van der Waals surface area contributed by atoms with Crippen molar-refractivity contribution in [3.8, 4) is 0 Å². The molecular formula is C33H32F7N3O8S4.